The van der Waals surface area contributed by atoms with Crippen LogP contribution in [0.3, 0.4) is 0 Å². The van der Waals surface area contributed by atoms with E-state index in [0.717, 1.165) is 5.56 Å². The Bertz CT molecular complexity index is 441. The van der Waals surface area contributed by atoms with Gasteiger partial charge in [0.05, 0.1) is 13.0 Å². The summed E-state index contributed by atoms with van der Waals surface area (Å²) in [6.45, 7) is 1.81. The van der Waals surface area contributed by atoms with Crippen molar-refractivity contribution < 1.29 is 24.1 Å². The first-order valence-electron chi connectivity index (χ1n) is 5.31. The number of carboxylic acids is 1. The first kappa shape index (κ1) is 11.6. The molecule has 0 aromatic heterocycles. The van der Waals surface area contributed by atoms with E-state index in [0.29, 0.717) is 23.7 Å². The summed E-state index contributed by atoms with van der Waals surface area (Å²) in [6, 6.07) is 3.52. The van der Waals surface area contributed by atoms with Gasteiger partial charge in [-0.15, -0.1) is 0 Å². The number of rotatable bonds is 4. The summed E-state index contributed by atoms with van der Waals surface area (Å²) in [5, 5.41) is 8.94. The third kappa shape index (κ3) is 2.13. The third-order valence-corrected chi connectivity index (χ3v) is 2.75. The van der Waals surface area contributed by atoms with Gasteiger partial charge in [-0.05, 0) is 18.6 Å². The molecule has 1 unspecified atom stereocenters. The van der Waals surface area contributed by atoms with Gasteiger partial charge in [-0.2, -0.15) is 0 Å². The quantitative estimate of drug-likeness (QED) is 0.864. The van der Waals surface area contributed by atoms with Crippen molar-refractivity contribution in [2.75, 3.05) is 13.9 Å². The van der Waals surface area contributed by atoms with Crippen molar-refractivity contribution in [2.24, 2.45) is 5.92 Å². The number of ether oxygens (including phenoxy) is 3. The lowest BCUT2D eigenvalue weighted by Crippen LogP contribution is -2.13. The zero-order chi connectivity index (χ0) is 12.4. The number of hydrogen-bond acceptors (Lipinski definition) is 4. The number of hydrogen-bond donors (Lipinski definition) is 1. The fraction of sp³-hybridized carbons (Fsp3) is 0.417. The molecular weight excluding hydrogens is 224 g/mol. The summed E-state index contributed by atoms with van der Waals surface area (Å²) < 4.78 is 15.8. The lowest BCUT2D eigenvalue weighted by atomic mass is 9.99. The van der Waals surface area contributed by atoms with E-state index in [1.807, 2.05) is 0 Å². The number of carboxylic acid groups (broad SMARTS) is 1. The van der Waals surface area contributed by atoms with Crippen molar-refractivity contribution in [3.05, 3.63) is 17.7 Å². The van der Waals surface area contributed by atoms with E-state index in [-0.39, 0.29) is 6.79 Å². The van der Waals surface area contributed by atoms with Gasteiger partial charge in [-0.25, -0.2) is 0 Å². The van der Waals surface area contributed by atoms with E-state index >= 15 is 0 Å². The standard InChI is InChI=1S/C12H14O5/c1-7(12(13)14)5-8-9(15-2)3-4-10-11(8)17-6-16-10/h3-4,7H,5-6H2,1-2H3,(H,13,14). The normalized spacial score (nSPS) is 14.5. The summed E-state index contributed by atoms with van der Waals surface area (Å²) >= 11 is 0. The zero-order valence-corrected chi connectivity index (χ0v) is 9.73. The van der Waals surface area contributed by atoms with Gasteiger partial charge in [0.15, 0.2) is 11.5 Å². The lowest BCUT2D eigenvalue weighted by Gasteiger charge is -2.13. The highest BCUT2D eigenvalue weighted by atomic mass is 16.7. The molecular formula is C12H14O5. The van der Waals surface area contributed by atoms with Crippen LogP contribution in [0.4, 0.5) is 0 Å². The summed E-state index contributed by atoms with van der Waals surface area (Å²) in [7, 11) is 1.55. The average molecular weight is 238 g/mol. The highest BCUT2D eigenvalue weighted by molar-refractivity contribution is 5.70. The van der Waals surface area contributed by atoms with Gasteiger partial charge in [0, 0.05) is 5.56 Å². The van der Waals surface area contributed by atoms with Crippen LogP contribution >= 0.6 is 0 Å². The largest absolute Gasteiger partial charge is 0.496 e. The smallest absolute Gasteiger partial charge is 0.306 e. The second kappa shape index (κ2) is 4.53. The Morgan fingerprint density at radius 2 is 2.29 bits per heavy atom. The minimum atomic E-state index is -0.844. The Hall–Kier alpha value is -1.91. The second-order valence-electron chi connectivity index (χ2n) is 3.92. The number of methoxy groups -OCH3 is 1. The maximum Gasteiger partial charge on any atom is 0.306 e. The number of aliphatic carboxylic acids is 1. The van der Waals surface area contributed by atoms with Crippen LogP contribution in [0.5, 0.6) is 17.2 Å². The van der Waals surface area contributed by atoms with Gasteiger partial charge in [0.25, 0.3) is 0 Å². The molecule has 0 spiro atoms. The van der Waals surface area contributed by atoms with Crippen LogP contribution < -0.4 is 14.2 Å². The Balaban J connectivity index is 2.36. The molecule has 5 heteroatoms. The van der Waals surface area contributed by atoms with Crippen LogP contribution in [0.25, 0.3) is 0 Å². The second-order valence-corrected chi connectivity index (χ2v) is 3.92. The predicted molar refractivity (Wildman–Crippen MR) is 59.6 cm³/mol. The topological polar surface area (TPSA) is 65.0 Å². The Morgan fingerprint density at radius 3 is 2.94 bits per heavy atom. The van der Waals surface area contributed by atoms with E-state index in [1.54, 1.807) is 26.2 Å². The number of fused-ring (bicyclic) bond motifs is 1. The van der Waals surface area contributed by atoms with Crippen molar-refractivity contribution >= 4 is 5.97 Å². The van der Waals surface area contributed by atoms with E-state index in [1.165, 1.54) is 0 Å². The molecule has 1 aromatic rings. The third-order valence-electron chi connectivity index (χ3n) is 2.75. The molecule has 1 atom stereocenters. The van der Waals surface area contributed by atoms with Gasteiger partial charge in [-0.1, -0.05) is 6.92 Å². The molecule has 1 aliphatic heterocycles. The fourth-order valence-corrected chi connectivity index (χ4v) is 1.79. The summed E-state index contributed by atoms with van der Waals surface area (Å²) in [5.74, 6) is 0.515. The van der Waals surface area contributed by atoms with Gasteiger partial charge in [0.2, 0.25) is 6.79 Å². The summed E-state index contributed by atoms with van der Waals surface area (Å²) in [4.78, 5) is 10.9. The lowest BCUT2D eigenvalue weighted by molar-refractivity contribution is -0.141. The molecule has 0 radical (unpaired) electrons. The maximum atomic E-state index is 10.9. The van der Waals surface area contributed by atoms with Crippen molar-refractivity contribution in [3.63, 3.8) is 0 Å². The van der Waals surface area contributed by atoms with Crippen LogP contribution in [-0.4, -0.2) is 25.0 Å². The Morgan fingerprint density at radius 1 is 1.53 bits per heavy atom. The molecule has 2 rings (SSSR count). The van der Waals surface area contributed by atoms with Gasteiger partial charge >= 0.3 is 5.97 Å². The van der Waals surface area contributed by atoms with Gasteiger partial charge in [-0.3, -0.25) is 4.79 Å². The zero-order valence-electron chi connectivity index (χ0n) is 9.73. The predicted octanol–water partition coefficient (Wildman–Crippen LogP) is 1.69. The average Bonchev–Trinajstić information content (AvgIpc) is 2.77. The molecule has 1 heterocycles. The van der Waals surface area contributed by atoms with Crippen LogP contribution in [0.2, 0.25) is 0 Å². The van der Waals surface area contributed by atoms with Crippen LogP contribution in [0, 0.1) is 5.92 Å². The molecule has 0 amide bonds. The van der Waals surface area contributed by atoms with Crippen LogP contribution in [0.15, 0.2) is 12.1 Å². The van der Waals surface area contributed by atoms with Crippen molar-refractivity contribution in [1.29, 1.82) is 0 Å². The molecule has 1 N–H and O–H groups in total. The molecule has 0 aliphatic carbocycles. The molecule has 0 saturated carbocycles. The van der Waals surface area contributed by atoms with E-state index in [2.05, 4.69) is 0 Å². The first-order chi connectivity index (χ1) is 8.13. The Labute approximate surface area is 98.9 Å². The van der Waals surface area contributed by atoms with E-state index < -0.39 is 11.9 Å². The minimum absolute atomic E-state index is 0.164. The SMILES string of the molecule is COc1ccc2c(c1CC(C)C(=O)O)OCO2. The molecule has 5 nitrogen and oxygen atoms in total. The molecule has 1 aromatic carbocycles. The van der Waals surface area contributed by atoms with Crippen LogP contribution in [0.1, 0.15) is 12.5 Å². The van der Waals surface area contributed by atoms with Crippen LogP contribution in [-0.2, 0) is 11.2 Å². The summed E-state index contributed by atoms with van der Waals surface area (Å²) in [5.41, 5.74) is 0.748. The molecule has 1 aliphatic rings. The number of carbonyl (C=O) groups is 1. The molecule has 0 bridgehead atoms. The monoisotopic (exact) mass is 238 g/mol. The van der Waals surface area contributed by atoms with E-state index in [9.17, 15) is 4.79 Å². The number of benzene rings is 1. The maximum absolute atomic E-state index is 10.9. The fourth-order valence-electron chi connectivity index (χ4n) is 1.79. The highest BCUT2D eigenvalue weighted by Gasteiger charge is 2.24. The minimum Gasteiger partial charge on any atom is -0.496 e. The van der Waals surface area contributed by atoms with Gasteiger partial charge < -0.3 is 19.3 Å². The molecule has 92 valence electrons. The van der Waals surface area contributed by atoms with Gasteiger partial charge in [0.1, 0.15) is 5.75 Å². The molecule has 0 saturated heterocycles. The summed E-state index contributed by atoms with van der Waals surface area (Å²) in [6.07, 6.45) is 0.352. The van der Waals surface area contributed by atoms with Crippen molar-refractivity contribution in [3.8, 4) is 17.2 Å². The highest BCUT2D eigenvalue weighted by Crippen LogP contribution is 2.41. The Kier molecular flexibility index (Phi) is 3.08. The first-order valence-corrected chi connectivity index (χ1v) is 5.31. The molecule has 0 fully saturated rings. The van der Waals surface area contributed by atoms with E-state index in [4.69, 9.17) is 19.3 Å². The van der Waals surface area contributed by atoms with Crippen molar-refractivity contribution in [2.45, 2.75) is 13.3 Å². The molecule has 17 heavy (non-hydrogen) atoms. The van der Waals surface area contributed by atoms with Crippen molar-refractivity contribution in [1.82, 2.24) is 0 Å².